The number of carboxylic acids is 1. The van der Waals surface area contributed by atoms with Gasteiger partial charge in [-0.1, -0.05) is 18.1 Å². The lowest BCUT2D eigenvalue weighted by atomic mass is 10.1. The first-order valence-electron chi connectivity index (χ1n) is 6.40. The minimum Gasteiger partial charge on any atom is -0.481 e. The second-order valence-electron chi connectivity index (χ2n) is 4.57. The van der Waals surface area contributed by atoms with E-state index in [-0.39, 0.29) is 25.7 Å². The molecule has 21 heavy (non-hydrogen) atoms. The Kier molecular flexibility index (Phi) is 4.80. The molecule has 1 unspecified atom stereocenters. The van der Waals surface area contributed by atoms with Gasteiger partial charge in [-0.3, -0.25) is 9.69 Å². The van der Waals surface area contributed by atoms with Crippen LogP contribution in [0.1, 0.15) is 5.56 Å². The zero-order chi connectivity index (χ0) is 15.2. The molecule has 1 aliphatic heterocycles. The van der Waals surface area contributed by atoms with Crippen LogP contribution in [0.15, 0.2) is 24.3 Å². The molecule has 0 aromatic heterocycles. The van der Waals surface area contributed by atoms with Crippen LogP contribution in [0.3, 0.4) is 0 Å². The van der Waals surface area contributed by atoms with Gasteiger partial charge in [-0.25, -0.2) is 4.79 Å². The van der Waals surface area contributed by atoms with Crippen LogP contribution in [0.5, 0.6) is 0 Å². The van der Waals surface area contributed by atoms with Crippen LogP contribution in [0, 0.1) is 12.3 Å². The van der Waals surface area contributed by atoms with Crippen molar-refractivity contribution in [2.75, 3.05) is 24.7 Å². The molecule has 0 aliphatic carbocycles. The molecule has 1 amide bonds. The maximum atomic E-state index is 11.8. The fourth-order valence-corrected chi connectivity index (χ4v) is 2.04. The van der Waals surface area contributed by atoms with E-state index in [1.807, 2.05) is 0 Å². The lowest BCUT2D eigenvalue weighted by Gasteiger charge is -2.13. The molecule has 6 nitrogen and oxygen atoms in total. The predicted molar refractivity (Wildman–Crippen MR) is 75.0 cm³/mol. The number of cyclic esters (lactones) is 1. The van der Waals surface area contributed by atoms with Crippen LogP contribution in [-0.2, 0) is 20.7 Å². The third kappa shape index (κ3) is 3.97. The molecule has 0 spiro atoms. The molecule has 110 valence electrons. The molecule has 1 atom stereocenters. The number of anilines is 1. The lowest BCUT2D eigenvalue weighted by molar-refractivity contribution is -0.136. The number of hydrogen-bond acceptors (Lipinski definition) is 4. The molecular weight excluding hydrogens is 274 g/mol. The summed E-state index contributed by atoms with van der Waals surface area (Å²) in [5.74, 6) is 1.45. The zero-order valence-corrected chi connectivity index (χ0v) is 11.3. The highest BCUT2D eigenvalue weighted by Gasteiger charge is 2.32. The number of carboxylic acid groups (broad SMARTS) is 1. The molecule has 1 saturated heterocycles. The van der Waals surface area contributed by atoms with Gasteiger partial charge in [-0.2, -0.15) is 0 Å². The Hall–Kier alpha value is -2.52. The number of nitrogens with zero attached hydrogens (tertiary/aromatic N) is 1. The van der Waals surface area contributed by atoms with Gasteiger partial charge in [-0.05, 0) is 17.7 Å². The van der Waals surface area contributed by atoms with Crippen molar-refractivity contribution in [3.8, 4) is 12.3 Å². The van der Waals surface area contributed by atoms with Crippen LogP contribution in [-0.4, -0.2) is 43.0 Å². The molecule has 1 aromatic carbocycles. The maximum absolute atomic E-state index is 11.8. The average molecular weight is 289 g/mol. The smallest absolute Gasteiger partial charge is 0.414 e. The van der Waals surface area contributed by atoms with Gasteiger partial charge in [0.1, 0.15) is 12.7 Å². The number of ether oxygens (including phenoxy) is 2. The molecule has 0 saturated carbocycles. The highest BCUT2D eigenvalue weighted by Crippen LogP contribution is 2.22. The molecule has 2 rings (SSSR count). The first-order chi connectivity index (χ1) is 10.1. The summed E-state index contributed by atoms with van der Waals surface area (Å²) < 4.78 is 10.3. The number of hydrogen-bond donors (Lipinski definition) is 1. The van der Waals surface area contributed by atoms with Gasteiger partial charge in [0.05, 0.1) is 19.6 Å². The van der Waals surface area contributed by atoms with Gasteiger partial charge in [0.25, 0.3) is 0 Å². The summed E-state index contributed by atoms with van der Waals surface area (Å²) in [4.78, 5) is 23.9. The number of amides is 1. The third-order valence-electron chi connectivity index (χ3n) is 2.97. The number of aliphatic carboxylic acids is 1. The van der Waals surface area contributed by atoms with E-state index in [1.54, 1.807) is 24.3 Å². The summed E-state index contributed by atoms with van der Waals surface area (Å²) in [5, 5.41) is 8.71. The second-order valence-corrected chi connectivity index (χ2v) is 4.57. The molecule has 1 aromatic rings. The average Bonchev–Trinajstić information content (AvgIpc) is 2.80. The molecule has 1 N–H and O–H groups in total. The second kappa shape index (κ2) is 6.77. The van der Waals surface area contributed by atoms with E-state index in [2.05, 4.69) is 5.92 Å². The standard InChI is InChI=1S/C15H15NO5/c1-2-7-20-10-13-9-16(15(19)21-13)12-5-3-11(4-6-12)8-14(17)18/h1,3-6,13H,7-10H2,(H,17,18). The fourth-order valence-electron chi connectivity index (χ4n) is 2.04. The van der Waals surface area contributed by atoms with Crippen LogP contribution in [0.4, 0.5) is 10.5 Å². The Bertz CT molecular complexity index is 560. The highest BCUT2D eigenvalue weighted by molar-refractivity contribution is 5.89. The Morgan fingerprint density at radius 2 is 2.19 bits per heavy atom. The summed E-state index contributed by atoms with van der Waals surface area (Å²) in [6, 6.07) is 6.76. The molecule has 0 bridgehead atoms. The van der Waals surface area contributed by atoms with E-state index < -0.39 is 12.1 Å². The Balaban J connectivity index is 1.97. The topological polar surface area (TPSA) is 76.1 Å². The minimum atomic E-state index is -0.894. The van der Waals surface area contributed by atoms with Gasteiger partial charge < -0.3 is 14.6 Å². The predicted octanol–water partition coefficient (Wildman–Crippen LogP) is 1.29. The number of rotatable bonds is 6. The first kappa shape index (κ1) is 14.9. The summed E-state index contributed by atoms with van der Waals surface area (Å²) in [6.45, 7) is 0.809. The number of benzene rings is 1. The van der Waals surface area contributed by atoms with Crippen molar-refractivity contribution in [1.82, 2.24) is 0 Å². The Morgan fingerprint density at radius 1 is 1.48 bits per heavy atom. The molecule has 1 aliphatic rings. The van der Waals surface area contributed by atoms with Crippen molar-refractivity contribution in [3.63, 3.8) is 0 Å². The van der Waals surface area contributed by atoms with Crippen molar-refractivity contribution in [2.24, 2.45) is 0 Å². The lowest BCUT2D eigenvalue weighted by Crippen LogP contribution is -2.25. The van der Waals surface area contributed by atoms with Crippen LogP contribution >= 0.6 is 0 Å². The Labute approximate surface area is 122 Å². The largest absolute Gasteiger partial charge is 0.481 e. The summed E-state index contributed by atoms with van der Waals surface area (Å²) in [6.07, 6.45) is 4.22. The van der Waals surface area contributed by atoms with Crippen LogP contribution in [0.2, 0.25) is 0 Å². The quantitative estimate of drug-likeness (QED) is 0.631. The summed E-state index contributed by atoms with van der Waals surface area (Å²) >= 11 is 0. The number of carbonyl (C=O) groups excluding carboxylic acids is 1. The van der Waals surface area contributed by atoms with E-state index in [0.29, 0.717) is 17.8 Å². The SMILES string of the molecule is C#CCOCC1CN(c2ccc(CC(=O)O)cc2)C(=O)O1. The fraction of sp³-hybridized carbons (Fsp3) is 0.333. The van der Waals surface area contributed by atoms with Gasteiger partial charge in [0, 0.05) is 5.69 Å². The van der Waals surface area contributed by atoms with Gasteiger partial charge in [0.2, 0.25) is 0 Å². The van der Waals surface area contributed by atoms with E-state index in [4.69, 9.17) is 21.0 Å². The maximum Gasteiger partial charge on any atom is 0.414 e. The van der Waals surface area contributed by atoms with E-state index >= 15 is 0 Å². The molecule has 1 fully saturated rings. The molecule has 0 radical (unpaired) electrons. The molecular formula is C15H15NO5. The summed E-state index contributed by atoms with van der Waals surface area (Å²) in [7, 11) is 0. The van der Waals surface area contributed by atoms with Gasteiger partial charge in [0.15, 0.2) is 0 Å². The molecule has 6 heteroatoms. The Morgan fingerprint density at radius 3 is 2.81 bits per heavy atom. The van der Waals surface area contributed by atoms with Gasteiger partial charge in [-0.15, -0.1) is 6.42 Å². The van der Waals surface area contributed by atoms with Crippen molar-refractivity contribution < 1.29 is 24.2 Å². The van der Waals surface area contributed by atoms with Crippen molar-refractivity contribution in [2.45, 2.75) is 12.5 Å². The van der Waals surface area contributed by atoms with E-state index in [0.717, 1.165) is 0 Å². The third-order valence-corrected chi connectivity index (χ3v) is 2.97. The van der Waals surface area contributed by atoms with Crippen LogP contribution < -0.4 is 4.90 Å². The minimum absolute atomic E-state index is 0.0483. The van der Waals surface area contributed by atoms with Crippen molar-refractivity contribution in [1.29, 1.82) is 0 Å². The van der Waals surface area contributed by atoms with E-state index in [9.17, 15) is 9.59 Å². The normalized spacial score (nSPS) is 17.4. The highest BCUT2D eigenvalue weighted by atomic mass is 16.6. The molecule has 1 heterocycles. The van der Waals surface area contributed by atoms with E-state index in [1.165, 1.54) is 4.90 Å². The number of carbonyl (C=O) groups is 2. The number of terminal acetylenes is 1. The summed E-state index contributed by atoms with van der Waals surface area (Å²) in [5.41, 5.74) is 1.33. The van der Waals surface area contributed by atoms with Crippen molar-refractivity contribution in [3.05, 3.63) is 29.8 Å². The first-order valence-corrected chi connectivity index (χ1v) is 6.40. The van der Waals surface area contributed by atoms with Crippen LogP contribution in [0.25, 0.3) is 0 Å². The zero-order valence-electron chi connectivity index (χ0n) is 11.3. The monoisotopic (exact) mass is 289 g/mol. The van der Waals surface area contributed by atoms with Gasteiger partial charge >= 0.3 is 12.1 Å². The van der Waals surface area contributed by atoms with Crippen molar-refractivity contribution >= 4 is 17.7 Å².